The fourth-order valence-corrected chi connectivity index (χ4v) is 4.55. The first-order valence-electron chi connectivity index (χ1n) is 9.35. The van der Waals surface area contributed by atoms with E-state index >= 15 is 0 Å². The van der Waals surface area contributed by atoms with Gasteiger partial charge in [-0.15, -0.1) is 0 Å². The first-order valence-corrected chi connectivity index (χ1v) is 10.8. The van der Waals surface area contributed by atoms with Gasteiger partial charge in [0.1, 0.15) is 10.6 Å². The van der Waals surface area contributed by atoms with Crippen molar-refractivity contribution >= 4 is 16.0 Å². The number of rotatable bonds is 5. The van der Waals surface area contributed by atoms with Gasteiger partial charge in [-0.05, 0) is 81.0 Å². The SMILES string of the molecule is Cc1ccc(C)c(S(=O)(=O)Oc2ccc(C(=O)NC3CCC(O)CC3)cc2)c1. The van der Waals surface area contributed by atoms with Crippen molar-refractivity contribution in [2.45, 2.75) is 56.6 Å². The van der Waals surface area contributed by atoms with Crippen LogP contribution in [0, 0.1) is 13.8 Å². The van der Waals surface area contributed by atoms with E-state index in [9.17, 15) is 18.3 Å². The zero-order valence-electron chi connectivity index (χ0n) is 16.0. The monoisotopic (exact) mass is 403 g/mol. The molecule has 1 amide bonds. The van der Waals surface area contributed by atoms with Gasteiger partial charge >= 0.3 is 10.1 Å². The average molecular weight is 404 g/mol. The maximum atomic E-state index is 12.6. The van der Waals surface area contributed by atoms with Gasteiger partial charge in [0.15, 0.2) is 0 Å². The summed E-state index contributed by atoms with van der Waals surface area (Å²) in [6, 6.07) is 11.2. The summed E-state index contributed by atoms with van der Waals surface area (Å²) >= 11 is 0. The molecule has 2 aromatic rings. The van der Waals surface area contributed by atoms with E-state index in [2.05, 4.69) is 5.32 Å². The molecule has 7 heteroatoms. The largest absolute Gasteiger partial charge is 0.393 e. The van der Waals surface area contributed by atoms with E-state index in [0.717, 1.165) is 18.4 Å². The maximum Gasteiger partial charge on any atom is 0.339 e. The van der Waals surface area contributed by atoms with Crippen molar-refractivity contribution < 1.29 is 22.5 Å². The Bertz CT molecular complexity index is 945. The van der Waals surface area contributed by atoms with Crippen LogP contribution >= 0.6 is 0 Å². The van der Waals surface area contributed by atoms with Crippen molar-refractivity contribution in [3.8, 4) is 5.75 Å². The molecule has 0 aliphatic heterocycles. The van der Waals surface area contributed by atoms with E-state index in [1.807, 2.05) is 13.0 Å². The molecule has 6 nitrogen and oxygen atoms in total. The highest BCUT2D eigenvalue weighted by Crippen LogP contribution is 2.23. The van der Waals surface area contributed by atoms with Crippen LogP contribution in [0.15, 0.2) is 47.4 Å². The predicted molar refractivity (Wildman–Crippen MR) is 106 cm³/mol. The van der Waals surface area contributed by atoms with Gasteiger partial charge in [0.2, 0.25) is 0 Å². The van der Waals surface area contributed by atoms with Crippen molar-refractivity contribution in [2.75, 3.05) is 0 Å². The molecule has 1 saturated carbocycles. The second-order valence-corrected chi connectivity index (χ2v) is 8.82. The molecule has 2 aromatic carbocycles. The van der Waals surface area contributed by atoms with Crippen molar-refractivity contribution in [1.29, 1.82) is 0 Å². The van der Waals surface area contributed by atoms with Crippen LogP contribution < -0.4 is 9.50 Å². The lowest BCUT2D eigenvalue weighted by atomic mass is 9.93. The van der Waals surface area contributed by atoms with Crippen LogP contribution in [0.3, 0.4) is 0 Å². The van der Waals surface area contributed by atoms with Crippen molar-refractivity contribution in [2.24, 2.45) is 0 Å². The molecule has 0 unspecified atom stereocenters. The Morgan fingerprint density at radius 1 is 1.04 bits per heavy atom. The summed E-state index contributed by atoms with van der Waals surface area (Å²) in [4.78, 5) is 12.5. The zero-order chi connectivity index (χ0) is 20.3. The molecule has 28 heavy (non-hydrogen) atoms. The Morgan fingerprint density at radius 2 is 1.68 bits per heavy atom. The molecule has 0 radical (unpaired) electrons. The van der Waals surface area contributed by atoms with Crippen molar-refractivity contribution in [3.63, 3.8) is 0 Å². The second-order valence-electron chi connectivity index (χ2n) is 7.31. The van der Waals surface area contributed by atoms with Gasteiger partial charge in [-0.25, -0.2) is 0 Å². The molecule has 1 aliphatic rings. The number of carbonyl (C=O) groups excluding carboxylic acids is 1. The maximum absolute atomic E-state index is 12.6. The van der Waals surface area contributed by atoms with Gasteiger partial charge < -0.3 is 14.6 Å². The molecule has 0 spiro atoms. The summed E-state index contributed by atoms with van der Waals surface area (Å²) in [6.07, 6.45) is 2.61. The van der Waals surface area contributed by atoms with Crippen LogP contribution in [0.1, 0.15) is 47.2 Å². The molecule has 2 N–H and O–H groups in total. The number of aliphatic hydroxyl groups is 1. The Hall–Kier alpha value is -2.38. The Labute approximate surface area is 165 Å². The molecular formula is C21H25NO5S. The van der Waals surface area contributed by atoms with Gasteiger partial charge in [0.05, 0.1) is 6.10 Å². The number of carbonyl (C=O) groups is 1. The molecule has 0 heterocycles. The third-order valence-corrected chi connectivity index (χ3v) is 6.36. The normalized spacial score (nSPS) is 19.8. The lowest BCUT2D eigenvalue weighted by Gasteiger charge is -2.26. The van der Waals surface area contributed by atoms with Gasteiger partial charge in [-0.3, -0.25) is 4.79 Å². The molecule has 3 rings (SSSR count). The molecule has 0 bridgehead atoms. The summed E-state index contributed by atoms with van der Waals surface area (Å²) < 4.78 is 30.4. The lowest BCUT2D eigenvalue weighted by Crippen LogP contribution is -2.38. The van der Waals surface area contributed by atoms with Crippen LogP contribution in [-0.4, -0.2) is 31.6 Å². The topological polar surface area (TPSA) is 92.7 Å². The van der Waals surface area contributed by atoms with Crippen LogP contribution in [0.2, 0.25) is 0 Å². The number of aryl methyl sites for hydroxylation is 2. The van der Waals surface area contributed by atoms with Crippen molar-refractivity contribution in [3.05, 3.63) is 59.2 Å². The Balaban J connectivity index is 1.67. The highest BCUT2D eigenvalue weighted by molar-refractivity contribution is 7.87. The third kappa shape index (κ3) is 4.91. The van der Waals surface area contributed by atoms with Gasteiger partial charge in [-0.1, -0.05) is 12.1 Å². The number of benzene rings is 2. The smallest absolute Gasteiger partial charge is 0.339 e. The molecular weight excluding hydrogens is 378 g/mol. The zero-order valence-corrected chi connectivity index (χ0v) is 16.8. The summed E-state index contributed by atoms with van der Waals surface area (Å²) in [7, 11) is -3.95. The highest BCUT2D eigenvalue weighted by atomic mass is 32.2. The average Bonchev–Trinajstić information content (AvgIpc) is 2.65. The van der Waals surface area contributed by atoms with Crippen molar-refractivity contribution in [1.82, 2.24) is 5.32 Å². The summed E-state index contributed by atoms with van der Waals surface area (Å²) in [6.45, 7) is 3.53. The number of aliphatic hydroxyl groups excluding tert-OH is 1. The van der Waals surface area contributed by atoms with Gasteiger partial charge in [0, 0.05) is 11.6 Å². The van der Waals surface area contributed by atoms with E-state index in [4.69, 9.17) is 4.18 Å². The van der Waals surface area contributed by atoms with Gasteiger partial charge in [-0.2, -0.15) is 8.42 Å². The lowest BCUT2D eigenvalue weighted by molar-refractivity contribution is 0.0867. The number of amides is 1. The molecule has 0 atom stereocenters. The minimum atomic E-state index is -3.95. The summed E-state index contributed by atoms with van der Waals surface area (Å²) in [5.41, 5.74) is 1.87. The summed E-state index contributed by atoms with van der Waals surface area (Å²) in [5, 5.41) is 12.5. The minimum Gasteiger partial charge on any atom is -0.393 e. The quantitative estimate of drug-likeness (QED) is 0.749. The fraction of sp³-hybridized carbons (Fsp3) is 0.381. The predicted octanol–water partition coefficient (Wildman–Crippen LogP) is 3.10. The Morgan fingerprint density at radius 3 is 2.32 bits per heavy atom. The van der Waals surface area contributed by atoms with E-state index in [0.29, 0.717) is 24.0 Å². The number of hydrogen-bond donors (Lipinski definition) is 2. The molecule has 0 saturated heterocycles. The van der Waals surface area contributed by atoms with Crippen LogP contribution in [0.4, 0.5) is 0 Å². The van der Waals surface area contributed by atoms with Crippen LogP contribution in [-0.2, 0) is 10.1 Å². The number of hydrogen-bond acceptors (Lipinski definition) is 5. The molecule has 1 fully saturated rings. The van der Waals surface area contributed by atoms with Crippen LogP contribution in [0.5, 0.6) is 5.75 Å². The standard InChI is InChI=1S/C21H25NO5S/c1-14-3-4-15(2)20(13-14)28(25,26)27-19-11-5-16(6-12-19)21(24)22-17-7-9-18(23)10-8-17/h3-6,11-13,17-18,23H,7-10H2,1-2H3,(H,22,24). The minimum absolute atomic E-state index is 0.0523. The highest BCUT2D eigenvalue weighted by Gasteiger charge is 2.22. The molecule has 0 aromatic heterocycles. The van der Waals surface area contributed by atoms with E-state index in [1.54, 1.807) is 31.2 Å². The molecule has 1 aliphatic carbocycles. The second kappa shape index (κ2) is 8.32. The fourth-order valence-electron chi connectivity index (χ4n) is 3.30. The first-order chi connectivity index (χ1) is 13.2. The number of nitrogens with one attached hydrogen (secondary N) is 1. The van der Waals surface area contributed by atoms with E-state index in [-0.39, 0.29) is 28.7 Å². The van der Waals surface area contributed by atoms with Gasteiger partial charge in [0.25, 0.3) is 5.91 Å². The summed E-state index contributed by atoms with van der Waals surface area (Å²) in [5.74, 6) is -0.0661. The van der Waals surface area contributed by atoms with Crippen LogP contribution in [0.25, 0.3) is 0 Å². The van der Waals surface area contributed by atoms with E-state index < -0.39 is 10.1 Å². The third-order valence-electron chi connectivity index (χ3n) is 4.97. The Kier molecular flexibility index (Phi) is 6.05. The molecule has 150 valence electrons. The first kappa shape index (κ1) is 20.4. The van der Waals surface area contributed by atoms with E-state index in [1.165, 1.54) is 12.1 Å².